The van der Waals surface area contributed by atoms with Crippen LogP contribution in [0.1, 0.15) is 32.3 Å². The molecule has 1 unspecified atom stereocenters. The van der Waals surface area contributed by atoms with E-state index in [1.165, 1.54) is 5.56 Å². The zero-order chi connectivity index (χ0) is 21.0. The van der Waals surface area contributed by atoms with Gasteiger partial charge in [-0.25, -0.2) is 0 Å². The van der Waals surface area contributed by atoms with E-state index in [1.807, 2.05) is 26.0 Å². The minimum absolute atomic E-state index is 0. The fourth-order valence-corrected chi connectivity index (χ4v) is 3.34. The summed E-state index contributed by atoms with van der Waals surface area (Å²) in [5.74, 6) is 1.66. The van der Waals surface area contributed by atoms with Crippen molar-refractivity contribution in [3.63, 3.8) is 0 Å². The lowest BCUT2D eigenvalue weighted by Crippen LogP contribution is -2.48. The minimum atomic E-state index is -0.853. The van der Waals surface area contributed by atoms with Crippen molar-refractivity contribution in [3.8, 4) is 5.75 Å². The van der Waals surface area contributed by atoms with Gasteiger partial charge in [0.25, 0.3) is 0 Å². The molecule has 1 atom stereocenters. The Bertz CT molecular complexity index is 605. The lowest BCUT2D eigenvalue weighted by Gasteiger charge is -2.33. The number of ether oxygens (including phenoxy) is 2. The first-order valence-electron chi connectivity index (χ1n) is 10.7. The molecule has 1 heterocycles. The molecule has 0 spiro atoms. The Kier molecular flexibility index (Phi) is 13.3. The molecule has 30 heavy (non-hydrogen) atoms. The van der Waals surface area contributed by atoms with Crippen LogP contribution in [0.15, 0.2) is 29.3 Å². The first-order valence-corrected chi connectivity index (χ1v) is 10.7. The van der Waals surface area contributed by atoms with Gasteiger partial charge in [0.05, 0.1) is 32.5 Å². The standard InChI is InChI=1S/C22H38N4O3.HI/c1-4-23-21(25-17-22(2,27)18-26-13-15-29-16-14-26)24-12-6-5-7-19-8-10-20(28-3)11-9-19;/h8-11,27H,4-7,12-18H2,1-3H3,(H2,23,24,25);1H. The third kappa shape index (κ3) is 10.8. The summed E-state index contributed by atoms with van der Waals surface area (Å²) in [6, 6.07) is 8.25. The van der Waals surface area contributed by atoms with E-state index in [0.717, 1.165) is 70.4 Å². The van der Waals surface area contributed by atoms with E-state index in [1.54, 1.807) is 7.11 Å². The van der Waals surface area contributed by atoms with Crippen molar-refractivity contribution in [2.24, 2.45) is 4.99 Å². The minimum Gasteiger partial charge on any atom is -0.497 e. The van der Waals surface area contributed by atoms with Gasteiger partial charge in [0.1, 0.15) is 5.75 Å². The summed E-state index contributed by atoms with van der Waals surface area (Å²) >= 11 is 0. The molecule has 0 radical (unpaired) electrons. The van der Waals surface area contributed by atoms with Crippen LogP contribution in [0.5, 0.6) is 5.75 Å². The van der Waals surface area contributed by atoms with E-state index in [-0.39, 0.29) is 24.0 Å². The molecule has 8 heteroatoms. The largest absolute Gasteiger partial charge is 0.497 e. The number of β-amino-alcohol motifs (C(OH)–C–C–N with tert-alkyl or cyclic N) is 1. The lowest BCUT2D eigenvalue weighted by molar-refractivity contribution is -0.0179. The van der Waals surface area contributed by atoms with Gasteiger partial charge in [-0.15, -0.1) is 24.0 Å². The van der Waals surface area contributed by atoms with Crippen LogP contribution in [0.25, 0.3) is 0 Å². The topological polar surface area (TPSA) is 78.4 Å². The van der Waals surface area contributed by atoms with Crippen molar-refractivity contribution in [2.75, 3.05) is 59.6 Å². The molecule has 0 amide bonds. The summed E-state index contributed by atoms with van der Waals surface area (Å²) in [7, 11) is 1.69. The third-order valence-electron chi connectivity index (χ3n) is 4.93. The summed E-state index contributed by atoms with van der Waals surface area (Å²) in [4.78, 5) is 6.83. The SMILES string of the molecule is CCNC(=NCC(C)(O)CN1CCOCC1)NCCCCc1ccc(OC)cc1.I. The number of unbranched alkanes of at least 4 members (excludes halogenated alkanes) is 1. The predicted molar refractivity (Wildman–Crippen MR) is 133 cm³/mol. The highest BCUT2D eigenvalue weighted by atomic mass is 127. The van der Waals surface area contributed by atoms with Gasteiger partial charge in [-0.3, -0.25) is 9.89 Å². The van der Waals surface area contributed by atoms with Crippen molar-refractivity contribution in [3.05, 3.63) is 29.8 Å². The van der Waals surface area contributed by atoms with Gasteiger partial charge in [-0.2, -0.15) is 0 Å². The van der Waals surface area contributed by atoms with Gasteiger partial charge in [0.2, 0.25) is 0 Å². The molecule has 1 aromatic carbocycles. The Labute approximate surface area is 198 Å². The van der Waals surface area contributed by atoms with Gasteiger partial charge in [-0.05, 0) is 50.8 Å². The molecule has 3 N–H and O–H groups in total. The molecule has 7 nitrogen and oxygen atoms in total. The number of nitrogens with one attached hydrogen (secondary N) is 2. The summed E-state index contributed by atoms with van der Waals surface area (Å²) in [5, 5.41) is 17.3. The molecule has 1 aromatic rings. The highest BCUT2D eigenvalue weighted by molar-refractivity contribution is 14.0. The first-order chi connectivity index (χ1) is 14.0. The Balaban J connectivity index is 0.00000450. The summed E-state index contributed by atoms with van der Waals surface area (Å²) in [6.45, 7) is 9.74. The molecular weight excluding hydrogens is 495 g/mol. The maximum Gasteiger partial charge on any atom is 0.191 e. The fourth-order valence-electron chi connectivity index (χ4n) is 3.34. The molecule has 2 rings (SSSR count). The number of aliphatic imine (C=N–C) groups is 1. The van der Waals surface area contributed by atoms with Crippen molar-refractivity contribution in [2.45, 2.75) is 38.7 Å². The van der Waals surface area contributed by atoms with Crippen LogP contribution in [0.4, 0.5) is 0 Å². The maximum absolute atomic E-state index is 10.7. The second-order valence-electron chi connectivity index (χ2n) is 7.81. The number of halogens is 1. The number of rotatable bonds is 11. The predicted octanol–water partition coefficient (Wildman–Crippen LogP) is 2.27. The molecule has 172 valence electrons. The Morgan fingerprint density at radius 2 is 1.90 bits per heavy atom. The van der Waals surface area contributed by atoms with Crippen molar-refractivity contribution in [1.29, 1.82) is 0 Å². The first kappa shape index (κ1) is 26.9. The average Bonchev–Trinajstić information content (AvgIpc) is 2.72. The molecule has 1 saturated heterocycles. The molecule has 1 aliphatic heterocycles. The second kappa shape index (κ2) is 14.8. The summed E-state index contributed by atoms with van der Waals surface area (Å²) in [6.07, 6.45) is 3.21. The molecule has 0 aromatic heterocycles. The van der Waals surface area contributed by atoms with Gasteiger partial charge in [-0.1, -0.05) is 12.1 Å². The van der Waals surface area contributed by atoms with Crippen LogP contribution in [-0.4, -0.2) is 81.2 Å². The van der Waals surface area contributed by atoms with Crippen molar-refractivity contribution >= 4 is 29.9 Å². The van der Waals surface area contributed by atoms with Gasteiger partial charge in [0.15, 0.2) is 5.96 Å². The monoisotopic (exact) mass is 534 g/mol. The number of hydrogen-bond donors (Lipinski definition) is 3. The lowest BCUT2D eigenvalue weighted by atomic mass is 10.1. The second-order valence-corrected chi connectivity index (χ2v) is 7.81. The van der Waals surface area contributed by atoms with Gasteiger partial charge in [0, 0.05) is 32.7 Å². The zero-order valence-corrected chi connectivity index (χ0v) is 21.0. The smallest absolute Gasteiger partial charge is 0.191 e. The Morgan fingerprint density at radius 1 is 1.20 bits per heavy atom. The summed E-state index contributed by atoms with van der Waals surface area (Å²) < 4.78 is 10.6. The maximum atomic E-state index is 10.7. The number of benzene rings is 1. The van der Waals surface area contributed by atoms with Crippen LogP contribution in [0.2, 0.25) is 0 Å². The molecule has 1 fully saturated rings. The Hall–Kier alpha value is -1.10. The van der Waals surface area contributed by atoms with E-state index in [4.69, 9.17) is 9.47 Å². The quantitative estimate of drug-likeness (QED) is 0.175. The Morgan fingerprint density at radius 3 is 2.53 bits per heavy atom. The summed E-state index contributed by atoms with van der Waals surface area (Å²) in [5.41, 5.74) is 0.471. The molecular formula is C22H39IN4O3. The number of guanidine groups is 1. The molecule has 0 bridgehead atoms. The van der Waals surface area contributed by atoms with Crippen molar-refractivity contribution < 1.29 is 14.6 Å². The van der Waals surface area contributed by atoms with Crippen LogP contribution in [0.3, 0.4) is 0 Å². The highest BCUT2D eigenvalue weighted by Crippen LogP contribution is 2.13. The average molecular weight is 534 g/mol. The van der Waals surface area contributed by atoms with E-state index in [2.05, 4.69) is 32.7 Å². The van der Waals surface area contributed by atoms with Crippen LogP contribution in [0, 0.1) is 0 Å². The number of nitrogens with zero attached hydrogens (tertiary/aromatic N) is 2. The van der Waals surface area contributed by atoms with Crippen LogP contribution >= 0.6 is 24.0 Å². The van der Waals surface area contributed by atoms with Crippen molar-refractivity contribution in [1.82, 2.24) is 15.5 Å². The fraction of sp³-hybridized carbons (Fsp3) is 0.682. The zero-order valence-electron chi connectivity index (χ0n) is 18.7. The number of morpholine rings is 1. The van der Waals surface area contributed by atoms with E-state index in [0.29, 0.717) is 13.1 Å². The number of aryl methyl sites for hydroxylation is 1. The van der Waals surface area contributed by atoms with E-state index >= 15 is 0 Å². The van der Waals surface area contributed by atoms with Gasteiger partial charge < -0.3 is 25.2 Å². The molecule has 0 saturated carbocycles. The highest BCUT2D eigenvalue weighted by Gasteiger charge is 2.25. The third-order valence-corrected chi connectivity index (χ3v) is 4.93. The number of hydrogen-bond acceptors (Lipinski definition) is 5. The number of methoxy groups -OCH3 is 1. The number of aliphatic hydroxyl groups is 1. The molecule has 0 aliphatic carbocycles. The van der Waals surface area contributed by atoms with E-state index < -0.39 is 5.60 Å². The van der Waals surface area contributed by atoms with Gasteiger partial charge >= 0.3 is 0 Å². The molecule has 1 aliphatic rings. The van der Waals surface area contributed by atoms with Crippen LogP contribution < -0.4 is 15.4 Å². The van der Waals surface area contributed by atoms with E-state index in [9.17, 15) is 5.11 Å². The van der Waals surface area contributed by atoms with Crippen LogP contribution in [-0.2, 0) is 11.2 Å². The normalized spacial score (nSPS) is 17.0.